The molecule has 0 radical (unpaired) electrons. The van der Waals surface area contributed by atoms with Crippen molar-refractivity contribution in [3.63, 3.8) is 0 Å². The van der Waals surface area contributed by atoms with Crippen LogP contribution in [0, 0.1) is 12.8 Å². The third kappa shape index (κ3) is 4.93. The SMILES string of the molecule is COC(=O)C1CCN(C(=O)[C@@H](C)N(c2ccc(C)c(Cl)c2)S(C)(=O)=O)CC1. The van der Waals surface area contributed by atoms with Gasteiger partial charge in [-0.1, -0.05) is 17.7 Å². The molecule has 1 atom stereocenters. The van der Waals surface area contributed by atoms with E-state index in [2.05, 4.69) is 0 Å². The molecule has 7 nitrogen and oxygen atoms in total. The topological polar surface area (TPSA) is 84.0 Å². The Morgan fingerprint density at radius 3 is 2.37 bits per heavy atom. The van der Waals surface area contributed by atoms with E-state index in [1.54, 1.807) is 30.0 Å². The molecule has 0 spiro atoms. The first-order chi connectivity index (χ1) is 12.6. The fourth-order valence-corrected chi connectivity index (χ4v) is 4.62. The first-order valence-corrected chi connectivity index (χ1v) is 10.9. The second-order valence-electron chi connectivity index (χ2n) is 6.79. The van der Waals surface area contributed by atoms with Gasteiger partial charge in [0.2, 0.25) is 15.9 Å². The van der Waals surface area contributed by atoms with Gasteiger partial charge in [-0.05, 0) is 44.4 Å². The number of sulfonamides is 1. The summed E-state index contributed by atoms with van der Waals surface area (Å²) in [5, 5.41) is 0.430. The second-order valence-corrected chi connectivity index (χ2v) is 9.06. The third-order valence-corrected chi connectivity index (χ3v) is 6.47. The smallest absolute Gasteiger partial charge is 0.308 e. The van der Waals surface area contributed by atoms with Gasteiger partial charge >= 0.3 is 5.97 Å². The molecule has 1 aliphatic heterocycles. The number of carbonyl (C=O) groups is 2. The van der Waals surface area contributed by atoms with Crippen LogP contribution in [0.1, 0.15) is 25.3 Å². The molecular formula is C18H25ClN2O5S. The van der Waals surface area contributed by atoms with Gasteiger partial charge in [0, 0.05) is 18.1 Å². The Morgan fingerprint density at radius 2 is 1.89 bits per heavy atom. The number of carbonyl (C=O) groups excluding carboxylic acids is 2. The summed E-state index contributed by atoms with van der Waals surface area (Å²) >= 11 is 6.14. The van der Waals surface area contributed by atoms with E-state index >= 15 is 0 Å². The van der Waals surface area contributed by atoms with E-state index < -0.39 is 16.1 Å². The van der Waals surface area contributed by atoms with Crippen molar-refractivity contribution in [3.8, 4) is 0 Å². The van der Waals surface area contributed by atoms with E-state index in [0.29, 0.717) is 36.6 Å². The maximum Gasteiger partial charge on any atom is 0.308 e. The van der Waals surface area contributed by atoms with Crippen LogP contribution in [0.5, 0.6) is 0 Å². The number of esters is 1. The molecule has 2 rings (SSSR count). The van der Waals surface area contributed by atoms with E-state index in [0.717, 1.165) is 16.1 Å². The number of ether oxygens (including phenoxy) is 1. The zero-order chi connectivity index (χ0) is 20.4. The predicted molar refractivity (Wildman–Crippen MR) is 104 cm³/mol. The molecule has 0 aliphatic carbocycles. The van der Waals surface area contributed by atoms with Crippen molar-refractivity contribution in [1.82, 2.24) is 4.90 Å². The molecule has 0 saturated carbocycles. The normalized spacial score (nSPS) is 16.7. The Morgan fingerprint density at radius 1 is 1.30 bits per heavy atom. The van der Waals surface area contributed by atoms with Crippen LogP contribution >= 0.6 is 11.6 Å². The van der Waals surface area contributed by atoms with Crippen LogP contribution in [0.25, 0.3) is 0 Å². The lowest BCUT2D eigenvalue weighted by Gasteiger charge is -2.36. The molecule has 0 bridgehead atoms. The second kappa shape index (κ2) is 8.48. The molecule has 0 aromatic heterocycles. The van der Waals surface area contributed by atoms with E-state index in [1.807, 2.05) is 6.92 Å². The quantitative estimate of drug-likeness (QED) is 0.687. The van der Waals surface area contributed by atoms with Crippen LogP contribution in [0.15, 0.2) is 18.2 Å². The van der Waals surface area contributed by atoms with Crippen molar-refractivity contribution in [3.05, 3.63) is 28.8 Å². The van der Waals surface area contributed by atoms with Gasteiger partial charge < -0.3 is 9.64 Å². The lowest BCUT2D eigenvalue weighted by atomic mass is 9.96. The number of rotatable bonds is 5. The summed E-state index contributed by atoms with van der Waals surface area (Å²) in [6, 6.07) is 3.98. The number of benzene rings is 1. The lowest BCUT2D eigenvalue weighted by Crippen LogP contribution is -2.51. The summed E-state index contributed by atoms with van der Waals surface area (Å²) in [6.07, 6.45) is 2.06. The number of halogens is 1. The molecule has 1 fully saturated rings. The summed E-state index contributed by atoms with van der Waals surface area (Å²) in [7, 11) is -2.36. The Labute approximate surface area is 165 Å². The molecule has 9 heteroatoms. The zero-order valence-electron chi connectivity index (χ0n) is 15.9. The molecule has 1 heterocycles. The number of aryl methyl sites for hydroxylation is 1. The van der Waals surface area contributed by atoms with Gasteiger partial charge in [-0.15, -0.1) is 0 Å². The van der Waals surface area contributed by atoms with Crippen LogP contribution in [-0.2, 0) is 24.3 Å². The highest BCUT2D eigenvalue weighted by molar-refractivity contribution is 7.92. The zero-order valence-corrected chi connectivity index (χ0v) is 17.5. The monoisotopic (exact) mass is 416 g/mol. The molecule has 1 saturated heterocycles. The number of nitrogens with zero attached hydrogens (tertiary/aromatic N) is 2. The van der Waals surface area contributed by atoms with Crippen molar-refractivity contribution in [2.45, 2.75) is 32.7 Å². The summed E-state index contributed by atoms with van der Waals surface area (Å²) in [5.41, 5.74) is 1.16. The lowest BCUT2D eigenvalue weighted by molar-refractivity contribution is -0.149. The maximum atomic E-state index is 12.9. The van der Waals surface area contributed by atoms with Gasteiger partial charge in [-0.25, -0.2) is 8.42 Å². The summed E-state index contributed by atoms with van der Waals surface area (Å²) < 4.78 is 30.6. The summed E-state index contributed by atoms with van der Waals surface area (Å²) in [4.78, 5) is 26.2. The van der Waals surface area contributed by atoms with Gasteiger partial charge in [0.25, 0.3) is 0 Å². The van der Waals surface area contributed by atoms with Crippen molar-refractivity contribution < 1.29 is 22.7 Å². The number of amides is 1. The molecule has 0 unspecified atom stereocenters. The standard InChI is InChI=1S/C18H25ClN2O5S/c1-12-5-6-15(11-16(12)19)21(27(4,24)25)13(2)17(22)20-9-7-14(8-10-20)18(23)26-3/h5-6,11,13-14H,7-10H2,1-4H3/t13-/m1/s1. The Kier molecular flexibility index (Phi) is 6.75. The van der Waals surface area contributed by atoms with Gasteiger partial charge in [0.15, 0.2) is 0 Å². The first kappa shape index (κ1) is 21.5. The number of methoxy groups -OCH3 is 1. The molecule has 1 aromatic rings. The molecule has 0 N–H and O–H groups in total. The van der Waals surface area contributed by atoms with Gasteiger partial charge in [0.05, 0.1) is 25.0 Å². The minimum atomic E-state index is -3.71. The van der Waals surface area contributed by atoms with Crippen molar-refractivity contribution >= 4 is 39.2 Å². The van der Waals surface area contributed by atoms with Crippen molar-refractivity contribution in [2.75, 3.05) is 30.8 Å². The summed E-state index contributed by atoms with van der Waals surface area (Å²) in [5.74, 6) is -0.807. The molecule has 27 heavy (non-hydrogen) atoms. The van der Waals surface area contributed by atoms with Crippen LogP contribution in [0.4, 0.5) is 5.69 Å². The van der Waals surface area contributed by atoms with Crippen LogP contribution in [0.3, 0.4) is 0 Å². The fourth-order valence-electron chi connectivity index (χ4n) is 3.29. The van der Waals surface area contributed by atoms with E-state index in [9.17, 15) is 18.0 Å². The fraction of sp³-hybridized carbons (Fsp3) is 0.556. The largest absolute Gasteiger partial charge is 0.469 e. The minimum Gasteiger partial charge on any atom is -0.469 e. The molecule has 1 aromatic carbocycles. The van der Waals surface area contributed by atoms with Crippen molar-refractivity contribution in [2.24, 2.45) is 5.92 Å². The number of hydrogen-bond acceptors (Lipinski definition) is 5. The average Bonchev–Trinajstić information content (AvgIpc) is 2.62. The van der Waals surface area contributed by atoms with E-state index in [-0.39, 0.29) is 17.8 Å². The highest BCUT2D eigenvalue weighted by atomic mass is 35.5. The van der Waals surface area contributed by atoms with Crippen LogP contribution in [0.2, 0.25) is 5.02 Å². The molecule has 1 aliphatic rings. The summed E-state index contributed by atoms with van der Waals surface area (Å²) in [6.45, 7) is 4.14. The highest BCUT2D eigenvalue weighted by Crippen LogP contribution is 2.28. The molecule has 150 valence electrons. The number of likely N-dealkylation sites (tertiary alicyclic amines) is 1. The van der Waals surface area contributed by atoms with Crippen LogP contribution < -0.4 is 4.31 Å². The van der Waals surface area contributed by atoms with Gasteiger partial charge in [-0.3, -0.25) is 13.9 Å². The van der Waals surface area contributed by atoms with Gasteiger partial charge in [0.1, 0.15) is 6.04 Å². The van der Waals surface area contributed by atoms with Crippen molar-refractivity contribution in [1.29, 1.82) is 0 Å². The molecule has 1 amide bonds. The molecular weight excluding hydrogens is 392 g/mol. The Hall–Kier alpha value is -1.80. The maximum absolute atomic E-state index is 12.9. The first-order valence-electron chi connectivity index (χ1n) is 8.68. The average molecular weight is 417 g/mol. The number of piperidine rings is 1. The van der Waals surface area contributed by atoms with E-state index in [1.165, 1.54) is 7.11 Å². The third-order valence-electron chi connectivity index (χ3n) is 4.82. The van der Waals surface area contributed by atoms with Crippen LogP contribution in [-0.4, -0.2) is 57.7 Å². The predicted octanol–water partition coefficient (Wildman–Crippen LogP) is 2.21. The Balaban J connectivity index is 2.21. The minimum absolute atomic E-state index is 0.226. The number of anilines is 1. The highest BCUT2D eigenvalue weighted by Gasteiger charge is 2.35. The van der Waals surface area contributed by atoms with Gasteiger partial charge in [-0.2, -0.15) is 0 Å². The Bertz CT molecular complexity index is 819. The number of hydrogen-bond donors (Lipinski definition) is 0. The van der Waals surface area contributed by atoms with E-state index in [4.69, 9.17) is 16.3 Å².